The molecule has 0 saturated carbocycles. The lowest BCUT2D eigenvalue weighted by atomic mass is 10.4. The number of nitrogens with one attached hydrogen (secondary N) is 2. The molecule has 1 rings (SSSR count). The van der Waals surface area contributed by atoms with Gasteiger partial charge >= 0.3 is 0 Å². The second-order valence-corrected chi connectivity index (χ2v) is 5.91. The molecule has 0 spiro atoms. The van der Waals surface area contributed by atoms with Crippen molar-refractivity contribution in [2.75, 3.05) is 25.4 Å². The lowest BCUT2D eigenvalue weighted by molar-refractivity contribution is 0.583. The van der Waals surface area contributed by atoms with Crippen molar-refractivity contribution in [1.82, 2.24) is 20.4 Å². The summed E-state index contributed by atoms with van der Waals surface area (Å²) in [5.74, 6) is 0.474. The molecule has 0 aromatic carbocycles. The number of hydrogen-bond donors (Lipinski definition) is 3. The van der Waals surface area contributed by atoms with Crippen LogP contribution < -0.4 is 15.8 Å². The van der Waals surface area contributed by atoms with Crippen molar-refractivity contribution in [2.45, 2.75) is 19.9 Å². The number of aromatic nitrogens is 2. The Bertz CT molecular complexity index is 497. The largest absolute Gasteiger partial charge is 0.357 e. The average Bonchev–Trinajstić information content (AvgIpc) is 2.86. The van der Waals surface area contributed by atoms with Gasteiger partial charge in [-0.25, -0.2) is 13.6 Å². The molecule has 0 amide bonds. The van der Waals surface area contributed by atoms with E-state index in [4.69, 9.17) is 5.14 Å². The number of aliphatic imine (C=N–C) groups is 1. The third-order valence-electron chi connectivity index (χ3n) is 2.40. The number of rotatable bonds is 8. The van der Waals surface area contributed by atoms with Crippen molar-refractivity contribution in [1.29, 1.82) is 0 Å². The Morgan fingerprint density at radius 1 is 1.45 bits per heavy atom. The van der Waals surface area contributed by atoms with E-state index in [0.717, 1.165) is 13.0 Å². The summed E-state index contributed by atoms with van der Waals surface area (Å²) < 4.78 is 23.5. The van der Waals surface area contributed by atoms with Crippen molar-refractivity contribution in [3.63, 3.8) is 0 Å². The molecule has 4 N–H and O–H groups in total. The van der Waals surface area contributed by atoms with Crippen LogP contribution >= 0.6 is 0 Å². The van der Waals surface area contributed by atoms with Crippen molar-refractivity contribution in [2.24, 2.45) is 10.1 Å². The van der Waals surface area contributed by atoms with Gasteiger partial charge in [-0.05, 0) is 19.4 Å². The lowest BCUT2D eigenvalue weighted by Gasteiger charge is -2.10. The van der Waals surface area contributed by atoms with Crippen molar-refractivity contribution in [3.8, 4) is 0 Å². The van der Waals surface area contributed by atoms with E-state index in [0.29, 0.717) is 19.0 Å². The molecule has 0 saturated heterocycles. The van der Waals surface area contributed by atoms with E-state index in [2.05, 4.69) is 20.7 Å². The first-order chi connectivity index (χ1) is 9.51. The maximum atomic E-state index is 10.8. The summed E-state index contributed by atoms with van der Waals surface area (Å²) in [5, 5.41) is 15.0. The number of hydrogen-bond acceptors (Lipinski definition) is 4. The summed E-state index contributed by atoms with van der Waals surface area (Å²) in [5.41, 5.74) is 0. The number of aryl methyl sites for hydroxylation is 1. The Kier molecular flexibility index (Phi) is 7.02. The number of primary sulfonamides is 1. The molecule has 114 valence electrons. The number of sulfonamides is 1. The third-order valence-corrected chi connectivity index (χ3v) is 3.17. The van der Waals surface area contributed by atoms with E-state index in [9.17, 15) is 8.42 Å². The molecule has 0 aliphatic carbocycles. The van der Waals surface area contributed by atoms with Crippen LogP contribution in [0.1, 0.15) is 13.3 Å². The lowest BCUT2D eigenvalue weighted by Crippen LogP contribution is -2.40. The van der Waals surface area contributed by atoms with Gasteiger partial charge in [-0.3, -0.25) is 9.67 Å². The first-order valence-corrected chi connectivity index (χ1v) is 8.23. The normalized spacial score (nSPS) is 12.4. The number of nitrogens with two attached hydrogens (primary N) is 1. The highest BCUT2D eigenvalue weighted by Gasteiger charge is 2.03. The SMILES string of the molecule is CCNC(=NCCCn1cccn1)NCCS(N)(=O)=O. The summed E-state index contributed by atoms with van der Waals surface area (Å²) in [7, 11) is -3.45. The first-order valence-electron chi connectivity index (χ1n) is 6.51. The van der Waals surface area contributed by atoms with Crippen LogP contribution in [0.4, 0.5) is 0 Å². The Morgan fingerprint density at radius 2 is 2.25 bits per heavy atom. The molecule has 1 aromatic rings. The van der Waals surface area contributed by atoms with Crippen LogP contribution in [0.2, 0.25) is 0 Å². The van der Waals surface area contributed by atoms with E-state index in [1.807, 2.05) is 23.9 Å². The Hall–Kier alpha value is -1.61. The van der Waals surface area contributed by atoms with Crippen molar-refractivity contribution >= 4 is 16.0 Å². The monoisotopic (exact) mass is 302 g/mol. The van der Waals surface area contributed by atoms with E-state index >= 15 is 0 Å². The van der Waals surface area contributed by atoms with Crippen LogP contribution in [0, 0.1) is 0 Å². The average molecular weight is 302 g/mol. The van der Waals surface area contributed by atoms with E-state index in [-0.39, 0.29) is 12.3 Å². The van der Waals surface area contributed by atoms with Gasteiger partial charge in [-0.1, -0.05) is 0 Å². The highest BCUT2D eigenvalue weighted by molar-refractivity contribution is 7.89. The molecule has 0 atom stereocenters. The smallest absolute Gasteiger partial charge is 0.210 e. The first kappa shape index (κ1) is 16.4. The van der Waals surface area contributed by atoms with Gasteiger partial charge < -0.3 is 10.6 Å². The van der Waals surface area contributed by atoms with Crippen LogP contribution in [0.15, 0.2) is 23.5 Å². The van der Waals surface area contributed by atoms with Gasteiger partial charge in [0.25, 0.3) is 0 Å². The Balaban J connectivity index is 2.30. The molecule has 0 fully saturated rings. The van der Waals surface area contributed by atoms with Crippen LogP contribution in [0.3, 0.4) is 0 Å². The van der Waals surface area contributed by atoms with Gasteiger partial charge in [0.1, 0.15) is 0 Å². The molecule has 0 aliphatic rings. The van der Waals surface area contributed by atoms with Gasteiger partial charge in [0.2, 0.25) is 10.0 Å². The quantitative estimate of drug-likeness (QED) is 0.328. The number of nitrogens with zero attached hydrogens (tertiary/aromatic N) is 3. The topological polar surface area (TPSA) is 114 Å². The molecule has 0 aliphatic heterocycles. The zero-order valence-electron chi connectivity index (χ0n) is 11.6. The fourth-order valence-corrected chi connectivity index (χ4v) is 1.90. The Morgan fingerprint density at radius 3 is 2.85 bits per heavy atom. The van der Waals surface area contributed by atoms with Crippen LogP contribution in [-0.4, -0.2) is 49.5 Å². The zero-order valence-corrected chi connectivity index (χ0v) is 12.4. The summed E-state index contributed by atoms with van der Waals surface area (Å²) in [6.07, 6.45) is 4.49. The highest BCUT2D eigenvalue weighted by Crippen LogP contribution is 1.90. The maximum absolute atomic E-state index is 10.8. The van der Waals surface area contributed by atoms with E-state index in [1.54, 1.807) is 6.20 Å². The molecule has 9 heteroatoms. The van der Waals surface area contributed by atoms with Crippen LogP contribution in [0.5, 0.6) is 0 Å². The Labute approximate surface area is 119 Å². The second kappa shape index (κ2) is 8.54. The minimum atomic E-state index is -3.45. The predicted octanol–water partition coefficient (Wildman–Crippen LogP) is -0.883. The molecular formula is C11H22N6O2S. The fraction of sp³-hybridized carbons (Fsp3) is 0.636. The molecule has 0 unspecified atom stereocenters. The maximum Gasteiger partial charge on any atom is 0.210 e. The van der Waals surface area contributed by atoms with Gasteiger partial charge in [0, 0.05) is 38.6 Å². The third kappa shape index (κ3) is 7.74. The summed E-state index contributed by atoms with van der Waals surface area (Å²) >= 11 is 0. The standard InChI is InChI=1S/C11H22N6O2S/c1-2-13-11(15-7-10-20(12,18)19)14-5-3-8-17-9-4-6-16-17/h4,6,9H,2-3,5,7-8,10H2,1H3,(H2,12,18,19)(H2,13,14,15). The van der Waals surface area contributed by atoms with Crippen molar-refractivity contribution in [3.05, 3.63) is 18.5 Å². The van der Waals surface area contributed by atoms with E-state index < -0.39 is 10.0 Å². The van der Waals surface area contributed by atoms with Gasteiger partial charge in [0.05, 0.1) is 5.75 Å². The molecule has 1 heterocycles. The second-order valence-electron chi connectivity index (χ2n) is 4.18. The number of guanidine groups is 1. The van der Waals surface area contributed by atoms with Gasteiger partial charge in [-0.2, -0.15) is 5.10 Å². The predicted molar refractivity (Wildman–Crippen MR) is 78.8 cm³/mol. The van der Waals surface area contributed by atoms with Crippen LogP contribution in [0.25, 0.3) is 0 Å². The summed E-state index contributed by atoms with van der Waals surface area (Å²) in [6, 6.07) is 1.88. The van der Waals surface area contributed by atoms with E-state index in [1.165, 1.54) is 0 Å². The van der Waals surface area contributed by atoms with Crippen molar-refractivity contribution < 1.29 is 8.42 Å². The minimum Gasteiger partial charge on any atom is -0.357 e. The fourth-order valence-electron chi connectivity index (χ4n) is 1.51. The summed E-state index contributed by atoms with van der Waals surface area (Å²) in [4.78, 5) is 4.35. The molecule has 0 radical (unpaired) electrons. The minimum absolute atomic E-state index is 0.120. The zero-order chi connectivity index (χ0) is 14.8. The van der Waals surface area contributed by atoms with Crippen LogP contribution in [-0.2, 0) is 16.6 Å². The molecular weight excluding hydrogens is 280 g/mol. The molecule has 20 heavy (non-hydrogen) atoms. The van der Waals surface area contributed by atoms with Gasteiger partial charge in [0.15, 0.2) is 5.96 Å². The van der Waals surface area contributed by atoms with Gasteiger partial charge in [-0.15, -0.1) is 0 Å². The molecule has 0 bridgehead atoms. The molecule has 8 nitrogen and oxygen atoms in total. The molecule has 1 aromatic heterocycles. The summed E-state index contributed by atoms with van der Waals surface area (Å²) in [6.45, 7) is 4.32. The highest BCUT2D eigenvalue weighted by atomic mass is 32.2.